The molecule has 152 valence electrons. The first-order valence-corrected chi connectivity index (χ1v) is 10.5. The molecule has 0 bridgehead atoms. The van der Waals surface area contributed by atoms with Crippen LogP contribution < -0.4 is 10.1 Å². The molecule has 6 heteroatoms. The van der Waals surface area contributed by atoms with E-state index in [1.165, 1.54) is 6.42 Å². The van der Waals surface area contributed by atoms with Gasteiger partial charge in [0.25, 0.3) is 0 Å². The molecule has 1 aliphatic carbocycles. The van der Waals surface area contributed by atoms with Crippen LogP contribution in [0.2, 0.25) is 0 Å². The van der Waals surface area contributed by atoms with Crippen LogP contribution in [0, 0.1) is 5.41 Å². The van der Waals surface area contributed by atoms with Gasteiger partial charge in [-0.3, -0.25) is 14.5 Å². The van der Waals surface area contributed by atoms with Crippen molar-refractivity contribution in [3.63, 3.8) is 0 Å². The molecular formula is C22H31N3O3. The van der Waals surface area contributed by atoms with Crippen LogP contribution in [0.3, 0.4) is 0 Å². The number of nitrogens with one attached hydrogen (secondary N) is 1. The zero-order chi connectivity index (χ0) is 19.6. The number of rotatable bonds is 6. The molecule has 6 nitrogen and oxygen atoms in total. The Bertz CT molecular complexity index is 733. The number of piperidine rings is 2. The Hall–Kier alpha value is -2.08. The minimum absolute atomic E-state index is 0.0499. The summed E-state index contributed by atoms with van der Waals surface area (Å²) in [4.78, 5) is 29.2. The smallest absolute Gasteiger partial charge is 0.234 e. The average molecular weight is 386 g/mol. The summed E-state index contributed by atoms with van der Waals surface area (Å²) in [6.45, 7) is 3.67. The molecule has 2 saturated heterocycles. The van der Waals surface area contributed by atoms with Crippen LogP contribution in [-0.2, 0) is 16.1 Å². The summed E-state index contributed by atoms with van der Waals surface area (Å²) in [5, 5.41) is 3.03. The molecule has 1 N–H and O–H groups in total. The van der Waals surface area contributed by atoms with Crippen molar-refractivity contribution in [1.29, 1.82) is 0 Å². The zero-order valence-corrected chi connectivity index (χ0v) is 16.8. The molecule has 0 radical (unpaired) electrons. The van der Waals surface area contributed by atoms with Crippen molar-refractivity contribution in [2.75, 3.05) is 33.3 Å². The van der Waals surface area contributed by atoms with Gasteiger partial charge in [-0.15, -0.1) is 0 Å². The average Bonchev–Trinajstić information content (AvgIpc) is 3.54. The molecule has 2 amide bonds. The fourth-order valence-corrected chi connectivity index (χ4v) is 4.84. The van der Waals surface area contributed by atoms with Gasteiger partial charge in [0, 0.05) is 43.1 Å². The third-order valence-corrected chi connectivity index (χ3v) is 6.46. The highest BCUT2D eigenvalue weighted by Gasteiger charge is 2.45. The highest BCUT2D eigenvalue weighted by molar-refractivity contribution is 5.78. The van der Waals surface area contributed by atoms with Gasteiger partial charge in [0.2, 0.25) is 11.8 Å². The molecule has 1 aromatic carbocycles. The first-order chi connectivity index (χ1) is 13.6. The van der Waals surface area contributed by atoms with E-state index in [1.807, 2.05) is 24.3 Å². The quantitative estimate of drug-likeness (QED) is 0.815. The maximum atomic E-state index is 12.5. The van der Waals surface area contributed by atoms with E-state index >= 15 is 0 Å². The van der Waals surface area contributed by atoms with E-state index in [9.17, 15) is 9.59 Å². The summed E-state index contributed by atoms with van der Waals surface area (Å²) >= 11 is 0. The second-order valence-corrected chi connectivity index (χ2v) is 8.66. The maximum absolute atomic E-state index is 12.5. The largest absolute Gasteiger partial charge is 0.496 e. The number of ether oxygens (including phenoxy) is 1. The fourth-order valence-electron chi connectivity index (χ4n) is 4.84. The van der Waals surface area contributed by atoms with Crippen LogP contribution >= 0.6 is 0 Å². The van der Waals surface area contributed by atoms with Gasteiger partial charge in [-0.05, 0) is 44.7 Å². The number of likely N-dealkylation sites (tertiary alicyclic amines) is 2. The topological polar surface area (TPSA) is 61.9 Å². The fraction of sp³-hybridized carbons (Fsp3) is 0.636. The first kappa shape index (κ1) is 19.2. The monoisotopic (exact) mass is 385 g/mol. The molecule has 1 spiro atoms. The van der Waals surface area contributed by atoms with Crippen LogP contribution in [0.1, 0.15) is 44.1 Å². The third kappa shape index (κ3) is 4.32. The van der Waals surface area contributed by atoms with Gasteiger partial charge in [0.1, 0.15) is 5.75 Å². The second kappa shape index (κ2) is 8.11. The van der Waals surface area contributed by atoms with E-state index in [2.05, 4.69) is 15.1 Å². The maximum Gasteiger partial charge on any atom is 0.234 e. The number of benzene rings is 1. The van der Waals surface area contributed by atoms with Gasteiger partial charge in [0.15, 0.2) is 0 Å². The van der Waals surface area contributed by atoms with E-state index in [0.29, 0.717) is 31.5 Å². The Labute approximate surface area is 167 Å². The van der Waals surface area contributed by atoms with E-state index < -0.39 is 0 Å². The molecule has 1 aromatic rings. The summed E-state index contributed by atoms with van der Waals surface area (Å²) in [6, 6.07) is 8.25. The van der Waals surface area contributed by atoms with Crippen LogP contribution in [0.4, 0.5) is 0 Å². The highest BCUT2D eigenvalue weighted by Crippen LogP contribution is 2.42. The molecule has 2 heterocycles. The summed E-state index contributed by atoms with van der Waals surface area (Å²) < 4.78 is 5.35. The number of para-hydroxylation sites is 1. The standard InChI is InChI=1S/C22H31N3O3/c1-28-19-6-3-2-5-17(19)13-23-20(26)14-24-12-4-10-22(15-24)11-9-21(27)25(16-22)18-7-8-18/h2-3,5-6,18H,4,7-16H2,1H3,(H,23,26)/t22-/m0/s1. The zero-order valence-electron chi connectivity index (χ0n) is 16.8. The first-order valence-electron chi connectivity index (χ1n) is 10.5. The van der Waals surface area contributed by atoms with Crippen molar-refractivity contribution in [3.05, 3.63) is 29.8 Å². The molecule has 3 fully saturated rings. The molecule has 0 aromatic heterocycles. The lowest BCUT2D eigenvalue weighted by Gasteiger charge is -2.48. The molecular weight excluding hydrogens is 354 g/mol. The molecule has 28 heavy (non-hydrogen) atoms. The lowest BCUT2D eigenvalue weighted by Crippen LogP contribution is -2.55. The van der Waals surface area contributed by atoms with Crippen LogP contribution in [0.15, 0.2) is 24.3 Å². The number of carbonyl (C=O) groups is 2. The van der Waals surface area contributed by atoms with E-state index in [4.69, 9.17) is 4.74 Å². The minimum Gasteiger partial charge on any atom is -0.496 e. The van der Waals surface area contributed by atoms with Gasteiger partial charge in [0.05, 0.1) is 13.7 Å². The van der Waals surface area contributed by atoms with Crippen molar-refractivity contribution >= 4 is 11.8 Å². The lowest BCUT2D eigenvalue weighted by molar-refractivity contribution is -0.140. The van der Waals surface area contributed by atoms with Gasteiger partial charge in [-0.25, -0.2) is 0 Å². The summed E-state index contributed by atoms with van der Waals surface area (Å²) in [7, 11) is 1.65. The van der Waals surface area contributed by atoms with E-state index in [1.54, 1.807) is 7.11 Å². The Balaban J connectivity index is 1.31. The summed E-state index contributed by atoms with van der Waals surface area (Å²) in [5.74, 6) is 1.18. The Morgan fingerprint density at radius 1 is 1.25 bits per heavy atom. The number of nitrogens with zero attached hydrogens (tertiary/aromatic N) is 2. The molecule has 0 unspecified atom stereocenters. The van der Waals surface area contributed by atoms with Gasteiger partial charge in [-0.1, -0.05) is 18.2 Å². The van der Waals surface area contributed by atoms with Crippen LogP contribution in [0.5, 0.6) is 5.75 Å². The van der Waals surface area contributed by atoms with Crippen molar-refractivity contribution < 1.29 is 14.3 Å². The number of methoxy groups -OCH3 is 1. The lowest BCUT2D eigenvalue weighted by atomic mass is 9.73. The van der Waals surface area contributed by atoms with Gasteiger partial charge >= 0.3 is 0 Å². The highest BCUT2D eigenvalue weighted by atomic mass is 16.5. The van der Waals surface area contributed by atoms with Crippen molar-refractivity contribution in [2.45, 2.75) is 51.1 Å². The normalized spacial score (nSPS) is 25.8. The molecule has 2 aliphatic heterocycles. The molecule has 4 rings (SSSR count). The summed E-state index contributed by atoms with van der Waals surface area (Å²) in [6.07, 6.45) is 6.24. The van der Waals surface area contributed by atoms with Crippen LogP contribution in [-0.4, -0.2) is 60.9 Å². The number of hydrogen-bond donors (Lipinski definition) is 1. The minimum atomic E-state index is 0.0499. The second-order valence-electron chi connectivity index (χ2n) is 8.66. The van der Waals surface area contributed by atoms with Crippen molar-refractivity contribution in [3.8, 4) is 5.75 Å². The van der Waals surface area contributed by atoms with E-state index in [0.717, 1.165) is 56.6 Å². The molecule has 1 atom stereocenters. The predicted molar refractivity (Wildman–Crippen MR) is 107 cm³/mol. The molecule has 1 saturated carbocycles. The summed E-state index contributed by atoms with van der Waals surface area (Å²) in [5.41, 5.74) is 1.16. The third-order valence-electron chi connectivity index (χ3n) is 6.46. The van der Waals surface area contributed by atoms with Crippen molar-refractivity contribution in [1.82, 2.24) is 15.1 Å². The predicted octanol–water partition coefficient (Wildman–Crippen LogP) is 2.18. The number of carbonyl (C=O) groups excluding carboxylic acids is 2. The number of amides is 2. The van der Waals surface area contributed by atoms with Crippen LogP contribution in [0.25, 0.3) is 0 Å². The SMILES string of the molecule is COc1ccccc1CNC(=O)CN1CCC[C@]2(CCC(=O)N(C3CC3)C2)C1. The Morgan fingerprint density at radius 2 is 2.07 bits per heavy atom. The molecule has 3 aliphatic rings. The van der Waals surface area contributed by atoms with Crippen molar-refractivity contribution in [2.24, 2.45) is 5.41 Å². The Morgan fingerprint density at radius 3 is 2.86 bits per heavy atom. The van der Waals surface area contributed by atoms with Gasteiger partial charge < -0.3 is 15.0 Å². The van der Waals surface area contributed by atoms with Gasteiger partial charge in [-0.2, -0.15) is 0 Å². The Kier molecular flexibility index (Phi) is 5.58. The number of hydrogen-bond acceptors (Lipinski definition) is 4. The van der Waals surface area contributed by atoms with E-state index in [-0.39, 0.29) is 11.3 Å².